The van der Waals surface area contributed by atoms with Crippen molar-refractivity contribution in [1.29, 1.82) is 0 Å². The lowest BCUT2D eigenvalue weighted by Crippen LogP contribution is -2.44. The summed E-state index contributed by atoms with van der Waals surface area (Å²) in [5.41, 5.74) is 4.07. The standard InChI is InChI=1S/C23H27N5O2/c1-17-3-5-18(6-4-17)23-25-22(30-26-23)12-11-21(29)24-19-7-9-20(10-8-19)28-15-13-27(2)14-16-28/h3-10H,11-16H2,1-2H3,(H,24,29). The van der Waals surface area contributed by atoms with Gasteiger partial charge < -0.3 is 19.6 Å². The molecule has 0 bridgehead atoms. The molecular formula is C23H27N5O2. The molecule has 0 aliphatic carbocycles. The summed E-state index contributed by atoms with van der Waals surface area (Å²) in [6, 6.07) is 16.0. The van der Waals surface area contributed by atoms with Crippen molar-refractivity contribution < 1.29 is 9.32 Å². The molecule has 30 heavy (non-hydrogen) atoms. The average Bonchev–Trinajstić information content (AvgIpc) is 3.23. The number of aromatic nitrogens is 2. The number of anilines is 2. The van der Waals surface area contributed by atoms with Gasteiger partial charge in [-0.25, -0.2) is 0 Å². The Morgan fingerprint density at radius 2 is 1.73 bits per heavy atom. The van der Waals surface area contributed by atoms with Gasteiger partial charge in [0.2, 0.25) is 17.6 Å². The third-order valence-electron chi connectivity index (χ3n) is 5.36. The fourth-order valence-corrected chi connectivity index (χ4v) is 3.44. The summed E-state index contributed by atoms with van der Waals surface area (Å²) < 4.78 is 5.29. The first kappa shape index (κ1) is 20.1. The van der Waals surface area contributed by atoms with Gasteiger partial charge in [0.25, 0.3) is 0 Å². The summed E-state index contributed by atoms with van der Waals surface area (Å²) in [6.07, 6.45) is 0.694. The zero-order chi connectivity index (χ0) is 20.9. The van der Waals surface area contributed by atoms with Gasteiger partial charge in [-0.3, -0.25) is 4.79 Å². The van der Waals surface area contributed by atoms with E-state index in [9.17, 15) is 4.79 Å². The smallest absolute Gasteiger partial charge is 0.227 e. The zero-order valence-corrected chi connectivity index (χ0v) is 17.5. The van der Waals surface area contributed by atoms with Crippen LogP contribution in [-0.2, 0) is 11.2 Å². The fraction of sp³-hybridized carbons (Fsp3) is 0.348. The molecule has 1 amide bonds. The van der Waals surface area contributed by atoms with E-state index < -0.39 is 0 Å². The monoisotopic (exact) mass is 405 g/mol. The molecule has 7 nitrogen and oxygen atoms in total. The van der Waals surface area contributed by atoms with Crippen LogP contribution in [-0.4, -0.2) is 54.2 Å². The maximum atomic E-state index is 12.3. The average molecular weight is 406 g/mol. The molecule has 0 saturated carbocycles. The van der Waals surface area contributed by atoms with Crippen molar-refractivity contribution in [1.82, 2.24) is 15.0 Å². The van der Waals surface area contributed by atoms with E-state index in [2.05, 4.69) is 44.4 Å². The number of likely N-dealkylation sites (N-methyl/N-ethyl adjacent to an activating group) is 1. The molecular weight excluding hydrogens is 378 g/mol. The van der Waals surface area contributed by atoms with Gasteiger partial charge in [0.05, 0.1) is 0 Å². The number of piperazine rings is 1. The van der Waals surface area contributed by atoms with Crippen LogP contribution < -0.4 is 10.2 Å². The van der Waals surface area contributed by atoms with Crippen LogP contribution in [0, 0.1) is 6.92 Å². The SMILES string of the molecule is Cc1ccc(-c2noc(CCC(=O)Nc3ccc(N4CCN(C)CC4)cc3)n2)cc1. The molecule has 2 heterocycles. The predicted molar refractivity (Wildman–Crippen MR) is 118 cm³/mol. The van der Waals surface area contributed by atoms with Crippen LogP contribution in [0.3, 0.4) is 0 Å². The Bertz CT molecular complexity index is 974. The number of carbonyl (C=O) groups excluding carboxylic acids is 1. The first-order valence-electron chi connectivity index (χ1n) is 10.3. The molecule has 0 radical (unpaired) electrons. The van der Waals surface area contributed by atoms with E-state index in [-0.39, 0.29) is 12.3 Å². The summed E-state index contributed by atoms with van der Waals surface area (Å²) in [4.78, 5) is 21.4. The van der Waals surface area contributed by atoms with Gasteiger partial charge in [-0.2, -0.15) is 4.98 Å². The Morgan fingerprint density at radius 3 is 2.43 bits per heavy atom. The van der Waals surface area contributed by atoms with Gasteiger partial charge in [-0.1, -0.05) is 35.0 Å². The highest BCUT2D eigenvalue weighted by molar-refractivity contribution is 5.91. The van der Waals surface area contributed by atoms with Crippen LogP contribution in [0.2, 0.25) is 0 Å². The molecule has 1 saturated heterocycles. The third kappa shape index (κ3) is 5.04. The minimum absolute atomic E-state index is 0.0718. The number of nitrogens with one attached hydrogen (secondary N) is 1. The summed E-state index contributed by atoms with van der Waals surface area (Å²) in [7, 11) is 2.15. The molecule has 1 aliphatic heterocycles. The van der Waals surface area contributed by atoms with Gasteiger partial charge in [-0.05, 0) is 38.2 Å². The van der Waals surface area contributed by atoms with E-state index in [0.29, 0.717) is 18.1 Å². The van der Waals surface area contributed by atoms with Gasteiger partial charge in [0, 0.05) is 56.0 Å². The molecule has 1 aromatic heterocycles. The van der Waals surface area contributed by atoms with Crippen LogP contribution in [0.5, 0.6) is 0 Å². The van der Waals surface area contributed by atoms with Crippen molar-refractivity contribution in [3.63, 3.8) is 0 Å². The zero-order valence-electron chi connectivity index (χ0n) is 17.5. The molecule has 7 heteroatoms. The van der Waals surface area contributed by atoms with Gasteiger partial charge in [0.15, 0.2) is 0 Å². The lowest BCUT2D eigenvalue weighted by Gasteiger charge is -2.34. The molecule has 0 spiro atoms. The quantitative estimate of drug-likeness (QED) is 0.678. The van der Waals surface area contributed by atoms with E-state index in [1.54, 1.807) is 0 Å². The summed E-state index contributed by atoms with van der Waals surface area (Å²) in [6.45, 7) is 6.22. The van der Waals surface area contributed by atoms with Crippen molar-refractivity contribution in [2.24, 2.45) is 0 Å². The van der Waals surface area contributed by atoms with Gasteiger partial charge in [0.1, 0.15) is 0 Å². The van der Waals surface area contributed by atoms with Crippen molar-refractivity contribution in [2.75, 3.05) is 43.4 Å². The van der Waals surface area contributed by atoms with E-state index in [1.807, 2.05) is 43.3 Å². The molecule has 1 aliphatic rings. The highest BCUT2D eigenvalue weighted by Gasteiger charge is 2.14. The van der Waals surface area contributed by atoms with E-state index in [4.69, 9.17) is 4.52 Å². The Morgan fingerprint density at radius 1 is 1.03 bits per heavy atom. The van der Waals surface area contributed by atoms with Crippen LogP contribution >= 0.6 is 0 Å². The Kier molecular flexibility index (Phi) is 6.09. The van der Waals surface area contributed by atoms with Crippen LogP contribution in [0.25, 0.3) is 11.4 Å². The minimum atomic E-state index is -0.0718. The Balaban J connectivity index is 1.27. The first-order chi connectivity index (χ1) is 14.6. The Hall–Kier alpha value is -3.19. The second kappa shape index (κ2) is 9.09. The van der Waals surface area contributed by atoms with Crippen molar-refractivity contribution >= 4 is 17.3 Å². The normalized spacial score (nSPS) is 14.7. The van der Waals surface area contributed by atoms with E-state index in [1.165, 1.54) is 11.3 Å². The lowest BCUT2D eigenvalue weighted by atomic mass is 10.1. The largest absolute Gasteiger partial charge is 0.369 e. The maximum absolute atomic E-state index is 12.3. The number of amides is 1. The lowest BCUT2D eigenvalue weighted by molar-refractivity contribution is -0.116. The van der Waals surface area contributed by atoms with Crippen molar-refractivity contribution in [2.45, 2.75) is 19.8 Å². The molecule has 1 N–H and O–H groups in total. The fourth-order valence-electron chi connectivity index (χ4n) is 3.44. The maximum Gasteiger partial charge on any atom is 0.227 e. The third-order valence-corrected chi connectivity index (χ3v) is 5.36. The van der Waals surface area contributed by atoms with Crippen molar-refractivity contribution in [3.8, 4) is 11.4 Å². The molecule has 3 aromatic rings. The number of hydrogen-bond donors (Lipinski definition) is 1. The Labute approximate surface area is 176 Å². The molecule has 4 rings (SSSR count). The van der Waals surface area contributed by atoms with Gasteiger partial charge >= 0.3 is 0 Å². The number of benzene rings is 2. The van der Waals surface area contributed by atoms with Crippen LogP contribution in [0.1, 0.15) is 17.9 Å². The van der Waals surface area contributed by atoms with Crippen LogP contribution in [0.15, 0.2) is 53.1 Å². The second-order valence-corrected chi connectivity index (χ2v) is 7.76. The molecule has 0 unspecified atom stereocenters. The van der Waals surface area contributed by atoms with Gasteiger partial charge in [-0.15, -0.1) is 0 Å². The summed E-state index contributed by atoms with van der Waals surface area (Å²) >= 11 is 0. The number of aryl methyl sites for hydroxylation is 2. The predicted octanol–water partition coefficient (Wildman–Crippen LogP) is 3.37. The minimum Gasteiger partial charge on any atom is -0.369 e. The van der Waals surface area contributed by atoms with Crippen molar-refractivity contribution in [3.05, 3.63) is 60.0 Å². The molecule has 0 atom stereocenters. The van der Waals surface area contributed by atoms with E-state index >= 15 is 0 Å². The summed E-state index contributed by atoms with van der Waals surface area (Å²) in [5, 5.41) is 6.95. The number of nitrogens with zero attached hydrogens (tertiary/aromatic N) is 4. The molecule has 156 valence electrons. The molecule has 2 aromatic carbocycles. The topological polar surface area (TPSA) is 74.5 Å². The highest BCUT2D eigenvalue weighted by atomic mass is 16.5. The van der Waals surface area contributed by atoms with Crippen LogP contribution in [0.4, 0.5) is 11.4 Å². The molecule has 1 fully saturated rings. The second-order valence-electron chi connectivity index (χ2n) is 7.76. The summed E-state index contributed by atoms with van der Waals surface area (Å²) in [5.74, 6) is 0.938. The number of carbonyl (C=O) groups is 1. The number of hydrogen-bond acceptors (Lipinski definition) is 6. The number of rotatable bonds is 6. The first-order valence-corrected chi connectivity index (χ1v) is 10.3. The highest BCUT2D eigenvalue weighted by Crippen LogP contribution is 2.20. The van der Waals surface area contributed by atoms with E-state index in [0.717, 1.165) is 37.4 Å².